The van der Waals surface area contributed by atoms with E-state index >= 15 is 0 Å². The van der Waals surface area contributed by atoms with Crippen LogP contribution in [0.1, 0.15) is 59.1 Å². The number of carbonyl (C=O) groups excluding carboxylic acids is 1. The molecule has 156 valence electrons. The van der Waals surface area contributed by atoms with Crippen molar-refractivity contribution in [2.75, 3.05) is 47.4 Å². The fourth-order valence-corrected chi connectivity index (χ4v) is 5.43. The molecule has 0 amide bonds. The van der Waals surface area contributed by atoms with E-state index in [1.54, 1.807) is 16.9 Å². The van der Waals surface area contributed by atoms with Crippen LogP contribution in [0.25, 0.3) is 5.57 Å². The van der Waals surface area contributed by atoms with E-state index in [2.05, 4.69) is 31.9 Å². The second-order valence-electron chi connectivity index (χ2n) is 8.99. The van der Waals surface area contributed by atoms with Crippen molar-refractivity contribution in [3.63, 3.8) is 0 Å². The first kappa shape index (κ1) is 21.5. The second kappa shape index (κ2) is 9.55. The highest BCUT2D eigenvalue weighted by Gasteiger charge is 2.30. The molecule has 0 saturated heterocycles. The summed E-state index contributed by atoms with van der Waals surface area (Å²) in [5, 5.41) is 0. The van der Waals surface area contributed by atoms with Gasteiger partial charge >= 0.3 is 5.97 Å². The van der Waals surface area contributed by atoms with E-state index in [1.165, 1.54) is 36.1 Å². The molecule has 0 spiro atoms. The standard InChI is InChI=1S/C23H36N2O2S/c1-16-6-8-18(9-7-16)21-15-25(5)11-10-19(21)20-14-17(2)28-22(20)23(26)27-13-12-24(3)4/h14,16,18H,6-13,15H2,1-5H3. The highest BCUT2D eigenvalue weighted by molar-refractivity contribution is 7.14. The third kappa shape index (κ3) is 5.25. The van der Waals surface area contributed by atoms with E-state index in [9.17, 15) is 4.79 Å². The van der Waals surface area contributed by atoms with E-state index in [1.807, 2.05) is 19.0 Å². The summed E-state index contributed by atoms with van der Waals surface area (Å²) in [5.41, 5.74) is 4.17. The fourth-order valence-electron chi connectivity index (χ4n) is 4.50. The van der Waals surface area contributed by atoms with Gasteiger partial charge in [-0.15, -0.1) is 11.3 Å². The Hall–Kier alpha value is -1.17. The van der Waals surface area contributed by atoms with E-state index in [0.717, 1.165) is 42.4 Å². The van der Waals surface area contributed by atoms with Crippen LogP contribution in [0.3, 0.4) is 0 Å². The third-order valence-corrected chi connectivity index (χ3v) is 7.25. The highest BCUT2D eigenvalue weighted by atomic mass is 32.1. The SMILES string of the molecule is Cc1cc(C2=C(C3CCC(C)CC3)CN(C)CC2)c(C(=O)OCCN(C)C)s1. The van der Waals surface area contributed by atoms with Gasteiger partial charge in [-0.2, -0.15) is 0 Å². The predicted octanol–water partition coefficient (Wildman–Crippen LogP) is 4.69. The van der Waals surface area contributed by atoms with Crippen LogP contribution in [0.2, 0.25) is 0 Å². The number of likely N-dealkylation sites (N-methyl/N-ethyl adjacent to an activating group) is 2. The Balaban J connectivity index is 1.88. The van der Waals surface area contributed by atoms with Crippen LogP contribution in [0.15, 0.2) is 11.6 Å². The quantitative estimate of drug-likeness (QED) is 0.644. The van der Waals surface area contributed by atoms with Gasteiger partial charge in [-0.05, 0) is 76.4 Å². The third-order valence-electron chi connectivity index (χ3n) is 6.22. The van der Waals surface area contributed by atoms with Crippen LogP contribution in [0, 0.1) is 18.8 Å². The Morgan fingerprint density at radius 1 is 1.29 bits per heavy atom. The van der Waals surface area contributed by atoms with Gasteiger partial charge in [0, 0.05) is 30.1 Å². The summed E-state index contributed by atoms with van der Waals surface area (Å²) in [6.45, 7) is 7.77. The molecular weight excluding hydrogens is 368 g/mol. The normalized spacial score (nSPS) is 24.1. The van der Waals surface area contributed by atoms with Crippen molar-refractivity contribution in [3.8, 4) is 0 Å². The lowest BCUT2D eigenvalue weighted by molar-refractivity contribution is 0.0487. The van der Waals surface area contributed by atoms with Gasteiger partial charge in [-0.1, -0.05) is 19.8 Å². The Labute approximate surface area is 174 Å². The van der Waals surface area contributed by atoms with Gasteiger partial charge in [-0.25, -0.2) is 4.79 Å². The summed E-state index contributed by atoms with van der Waals surface area (Å²) in [5.74, 6) is 1.37. The molecule has 0 atom stereocenters. The molecule has 0 N–H and O–H groups in total. The number of carbonyl (C=O) groups is 1. The topological polar surface area (TPSA) is 32.8 Å². The molecule has 0 radical (unpaired) electrons. The molecule has 1 saturated carbocycles. The first-order valence-electron chi connectivity index (χ1n) is 10.7. The molecule has 4 nitrogen and oxygen atoms in total. The Kier molecular flexibility index (Phi) is 7.35. The van der Waals surface area contributed by atoms with Gasteiger partial charge in [0.1, 0.15) is 11.5 Å². The van der Waals surface area contributed by atoms with Crippen LogP contribution in [0.5, 0.6) is 0 Å². The molecule has 1 aromatic heterocycles. The van der Waals surface area contributed by atoms with E-state index in [-0.39, 0.29) is 5.97 Å². The number of aryl methyl sites for hydroxylation is 1. The van der Waals surface area contributed by atoms with Crippen molar-refractivity contribution >= 4 is 22.9 Å². The monoisotopic (exact) mass is 404 g/mol. The minimum absolute atomic E-state index is 0.155. The maximum Gasteiger partial charge on any atom is 0.348 e. The van der Waals surface area contributed by atoms with Gasteiger partial charge in [0.25, 0.3) is 0 Å². The number of rotatable bonds is 6. The van der Waals surface area contributed by atoms with Gasteiger partial charge < -0.3 is 14.5 Å². The summed E-state index contributed by atoms with van der Waals surface area (Å²) < 4.78 is 5.60. The molecule has 0 bridgehead atoms. The van der Waals surface area contributed by atoms with Crippen molar-refractivity contribution in [3.05, 3.63) is 27.0 Å². The van der Waals surface area contributed by atoms with Crippen molar-refractivity contribution in [1.29, 1.82) is 0 Å². The van der Waals surface area contributed by atoms with Gasteiger partial charge in [0.05, 0.1) is 0 Å². The van der Waals surface area contributed by atoms with Crippen molar-refractivity contribution in [2.24, 2.45) is 11.8 Å². The number of nitrogens with zero attached hydrogens (tertiary/aromatic N) is 2. The molecule has 0 unspecified atom stereocenters. The number of thiophene rings is 1. The molecule has 2 heterocycles. The minimum atomic E-state index is -0.155. The number of ether oxygens (including phenoxy) is 1. The zero-order chi connectivity index (χ0) is 20.3. The Bertz CT molecular complexity index is 714. The number of esters is 1. The van der Waals surface area contributed by atoms with Gasteiger partial charge in [-0.3, -0.25) is 0 Å². The lowest BCUT2D eigenvalue weighted by atomic mass is 9.75. The predicted molar refractivity (Wildman–Crippen MR) is 118 cm³/mol. The number of hydrogen-bond donors (Lipinski definition) is 0. The maximum absolute atomic E-state index is 12.8. The number of hydrogen-bond acceptors (Lipinski definition) is 5. The second-order valence-corrected chi connectivity index (χ2v) is 10.2. The maximum atomic E-state index is 12.8. The van der Waals surface area contributed by atoms with E-state index in [0.29, 0.717) is 12.5 Å². The van der Waals surface area contributed by atoms with Gasteiger partial charge in [0.2, 0.25) is 0 Å². The summed E-state index contributed by atoms with van der Waals surface area (Å²) >= 11 is 1.59. The molecule has 0 aromatic carbocycles. The Morgan fingerprint density at radius 3 is 2.68 bits per heavy atom. The van der Waals surface area contributed by atoms with Crippen LogP contribution < -0.4 is 0 Å². The summed E-state index contributed by atoms with van der Waals surface area (Å²) in [6, 6.07) is 2.22. The average molecular weight is 405 g/mol. The first-order chi connectivity index (χ1) is 13.3. The molecule has 1 aliphatic heterocycles. The van der Waals surface area contributed by atoms with E-state index in [4.69, 9.17) is 4.74 Å². The lowest BCUT2D eigenvalue weighted by Gasteiger charge is -2.35. The zero-order valence-corrected chi connectivity index (χ0v) is 19.0. The molecule has 1 aliphatic carbocycles. The molecule has 2 aliphatic rings. The van der Waals surface area contributed by atoms with Crippen molar-refractivity contribution in [2.45, 2.75) is 46.0 Å². The summed E-state index contributed by atoms with van der Waals surface area (Å²) in [7, 11) is 6.21. The molecule has 28 heavy (non-hydrogen) atoms. The lowest BCUT2D eigenvalue weighted by Crippen LogP contribution is -2.31. The average Bonchev–Trinajstić information content (AvgIpc) is 3.03. The first-order valence-corrected chi connectivity index (χ1v) is 11.5. The molecular formula is C23H36N2O2S. The molecule has 1 fully saturated rings. The van der Waals surface area contributed by atoms with Crippen LogP contribution in [-0.2, 0) is 4.74 Å². The van der Waals surface area contributed by atoms with Crippen molar-refractivity contribution < 1.29 is 9.53 Å². The highest BCUT2D eigenvalue weighted by Crippen LogP contribution is 2.41. The van der Waals surface area contributed by atoms with E-state index < -0.39 is 0 Å². The Morgan fingerprint density at radius 2 is 2.00 bits per heavy atom. The van der Waals surface area contributed by atoms with Crippen LogP contribution >= 0.6 is 11.3 Å². The molecule has 1 aromatic rings. The largest absolute Gasteiger partial charge is 0.460 e. The minimum Gasteiger partial charge on any atom is -0.460 e. The van der Waals surface area contributed by atoms with Crippen LogP contribution in [0.4, 0.5) is 0 Å². The fraction of sp³-hybridized carbons (Fsp3) is 0.696. The van der Waals surface area contributed by atoms with Crippen LogP contribution in [-0.4, -0.2) is 63.2 Å². The van der Waals surface area contributed by atoms with Crippen molar-refractivity contribution in [1.82, 2.24) is 9.80 Å². The summed E-state index contributed by atoms with van der Waals surface area (Å²) in [4.78, 5) is 19.3. The molecule has 5 heteroatoms. The smallest absolute Gasteiger partial charge is 0.348 e. The summed E-state index contributed by atoms with van der Waals surface area (Å²) in [6.07, 6.45) is 6.27. The zero-order valence-electron chi connectivity index (χ0n) is 18.2. The van der Waals surface area contributed by atoms with Gasteiger partial charge in [0.15, 0.2) is 0 Å². The molecule has 3 rings (SSSR count).